The summed E-state index contributed by atoms with van der Waals surface area (Å²) in [7, 11) is -2.66. The highest BCUT2D eigenvalue weighted by molar-refractivity contribution is 9.10. The molecule has 218 valence electrons. The number of rotatable bonds is 11. The van der Waals surface area contributed by atoms with Gasteiger partial charge in [-0.05, 0) is 54.4 Å². The smallest absolute Gasteiger partial charge is 0.264 e. The van der Waals surface area contributed by atoms with Crippen molar-refractivity contribution in [3.63, 3.8) is 0 Å². The van der Waals surface area contributed by atoms with Crippen LogP contribution in [0.1, 0.15) is 16.7 Å². The molecule has 0 radical (unpaired) electrons. The van der Waals surface area contributed by atoms with Gasteiger partial charge in [0.1, 0.15) is 12.6 Å². The molecule has 0 heterocycles. The van der Waals surface area contributed by atoms with E-state index in [0.717, 1.165) is 15.4 Å². The molecule has 10 heteroatoms. The summed E-state index contributed by atoms with van der Waals surface area (Å²) in [6.07, 6.45) is 0.221. The molecule has 4 aromatic rings. The molecule has 0 saturated carbocycles. The highest BCUT2D eigenvalue weighted by atomic mass is 79.9. The summed E-state index contributed by atoms with van der Waals surface area (Å²) >= 11 is 9.90. The van der Waals surface area contributed by atoms with Gasteiger partial charge in [0, 0.05) is 29.5 Å². The number of amides is 2. The van der Waals surface area contributed by atoms with Crippen molar-refractivity contribution in [2.75, 3.05) is 17.9 Å². The summed E-state index contributed by atoms with van der Waals surface area (Å²) in [5, 5.41) is 3.10. The third-order valence-electron chi connectivity index (χ3n) is 6.80. The predicted molar refractivity (Wildman–Crippen MR) is 170 cm³/mol. The van der Waals surface area contributed by atoms with E-state index in [0.29, 0.717) is 20.7 Å². The van der Waals surface area contributed by atoms with E-state index >= 15 is 0 Å². The second-order valence-corrected chi connectivity index (χ2v) is 12.9. The molecule has 4 aromatic carbocycles. The van der Waals surface area contributed by atoms with Crippen LogP contribution in [0.15, 0.2) is 112 Å². The molecule has 1 N–H and O–H groups in total. The zero-order valence-corrected chi connectivity index (χ0v) is 26.4. The Morgan fingerprint density at radius 3 is 2.21 bits per heavy atom. The van der Waals surface area contributed by atoms with Crippen LogP contribution in [0.25, 0.3) is 0 Å². The normalized spacial score (nSPS) is 11.9. The molecule has 0 bridgehead atoms. The zero-order chi connectivity index (χ0) is 30.3. The number of anilines is 1. The Bertz CT molecular complexity index is 1650. The Hall–Kier alpha value is -3.66. The van der Waals surface area contributed by atoms with Crippen molar-refractivity contribution in [3.8, 4) is 0 Å². The summed E-state index contributed by atoms with van der Waals surface area (Å²) in [5.41, 5.74) is 2.68. The first-order valence-electron chi connectivity index (χ1n) is 13.2. The molecule has 0 aliphatic heterocycles. The van der Waals surface area contributed by atoms with Gasteiger partial charge in [-0.2, -0.15) is 0 Å². The van der Waals surface area contributed by atoms with Gasteiger partial charge in [-0.1, -0.05) is 99.8 Å². The molecular formula is C32H31BrClN3O4S. The molecule has 0 spiro atoms. The average molecular weight is 669 g/mol. The first-order valence-corrected chi connectivity index (χ1v) is 15.8. The van der Waals surface area contributed by atoms with Gasteiger partial charge >= 0.3 is 0 Å². The van der Waals surface area contributed by atoms with E-state index in [4.69, 9.17) is 11.6 Å². The van der Waals surface area contributed by atoms with Gasteiger partial charge in [0.05, 0.1) is 10.6 Å². The molecular weight excluding hydrogens is 638 g/mol. The van der Waals surface area contributed by atoms with Crippen molar-refractivity contribution in [1.82, 2.24) is 10.2 Å². The highest BCUT2D eigenvalue weighted by Crippen LogP contribution is 2.28. The van der Waals surface area contributed by atoms with Crippen LogP contribution < -0.4 is 9.62 Å². The van der Waals surface area contributed by atoms with Gasteiger partial charge in [0.25, 0.3) is 10.0 Å². The minimum Gasteiger partial charge on any atom is -0.357 e. The van der Waals surface area contributed by atoms with Crippen molar-refractivity contribution >= 4 is 55.1 Å². The van der Waals surface area contributed by atoms with Crippen LogP contribution in [0.3, 0.4) is 0 Å². The fraction of sp³-hybridized carbons (Fsp3) is 0.188. The molecule has 42 heavy (non-hydrogen) atoms. The Balaban J connectivity index is 1.80. The van der Waals surface area contributed by atoms with Gasteiger partial charge < -0.3 is 10.2 Å². The van der Waals surface area contributed by atoms with E-state index < -0.39 is 28.5 Å². The van der Waals surface area contributed by atoms with Gasteiger partial charge in [-0.3, -0.25) is 13.9 Å². The van der Waals surface area contributed by atoms with E-state index in [2.05, 4.69) is 21.2 Å². The van der Waals surface area contributed by atoms with Crippen LogP contribution in [-0.2, 0) is 32.6 Å². The van der Waals surface area contributed by atoms with Crippen LogP contribution in [0.2, 0.25) is 5.02 Å². The van der Waals surface area contributed by atoms with E-state index in [9.17, 15) is 18.0 Å². The number of nitrogens with zero attached hydrogens (tertiary/aromatic N) is 2. The highest BCUT2D eigenvalue weighted by Gasteiger charge is 2.34. The lowest BCUT2D eigenvalue weighted by molar-refractivity contribution is -0.139. The number of aryl methyl sites for hydroxylation is 1. The third-order valence-corrected chi connectivity index (χ3v) is 9.45. The molecule has 1 atom stereocenters. The third kappa shape index (κ3) is 7.59. The number of hydrogen-bond acceptors (Lipinski definition) is 4. The van der Waals surface area contributed by atoms with Crippen LogP contribution >= 0.6 is 27.5 Å². The number of likely N-dealkylation sites (N-methyl/N-ethyl adjacent to an activating group) is 1. The molecule has 2 amide bonds. The van der Waals surface area contributed by atoms with Crippen molar-refractivity contribution in [2.45, 2.75) is 30.8 Å². The monoisotopic (exact) mass is 667 g/mol. The topological polar surface area (TPSA) is 86.8 Å². The van der Waals surface area contributed by atoms with Crippen LogP contribution in [0, 0.1) is 6.92 Å². The van der Waals surface area contributed by atoms with E-state index in [1.165, 1.54) is 24.1 Å². The minimum atomic E-state index is -4.17. The molecule has 0 aliphatic rings. The second-order valence-electron chi connectivity index (χ2n) is 9.74. The Kier molecular flexibility index (Phi) is 10.4. The number of sulfonamides is 1. The van der Waals surface area contributed by atoms with E-state index in [-0.39, 0.29) is 23.8 Å². The van der Waals surface area contributed by atoms with Crippen LogP contribution in [0.4, 0.5) is 5.69 Å². The number of halogens is 2. The molecule has 7 nitrogen and oxygen atoms in total. The largest absolute Gasteiger partial charge is 0.357 e. The SMILES string of the molecule is CNC(=O)C(Cc1ccccc1)N(Cc1ccccc1Cl)C(=O)CN(c1cccc(Br)c1)S(=O)(=O)c1ccc(C)cc1. The maximum atomic E-state index is 14.3. The fourth-order valence-corrected chi connectivity index (χ4v) is 6.52. The summed E-state index contributed by atoms with van der Waals surface area (Å²) < 4.78 is 29.8. The van der Waals surface area contributed by atoms with Gasteiger partial charge in [0.2, 0.25) is 11.8 Å². The van der Waals surface area contributed by atoms with Crippen molar-refractivity contribution in [3.05, 3.63) is 129 Å². The summed E-state index contributed by atoms with van der Waals surface area (Å²) in [6, 6.07) is 28.7. The molecule has 0 aromatic heterocycles. The predicted octanol–water partition coefficient (Wildman–Crippen LogP) is 5.99. The van der Waals surface area contributed by atoms with Crippen molar-refractivity contribution in [2.24, 2.45) is 0 Å². The number of benzene rings is 4. The number of carbonyl (C=O) groups is 2. The van der Waals surface area contributed by atoms with Crippen molar-refractivity contribution < 1.29 is 18.0 Å². The number of hydrogen-bond donors (Lipinski definition) is 1. The Labute approximate surface area is 260 Å². The van der Waals surface area contributed by atoms with Gasteiger partial charge in [-0.25, -0.2) is 8.42 Å². The van der Waals surface area contributed by atoms with Crippen LogP contribution in [0.5, 0.6) is 0 Å². The van der Waals surface area contributed by atoms with Crippen LogP contribution in [-0.4, -0.2) is 44.8 Å². The lowest BCUT2D eigenvalue weighted by Crippen LogP contribution is -2.53. The zero-order valence-electron chi connectivity index (χ0n) is 23.2. The summed E-state index contributed by atoms with van der Waals surface area (Å²) in [5.74, 6) is -0.940. The summed E-state index contributed by atoms with van der Waals surface area (Å²) in [4.78, 5) is 29.1. The van der Waals surface area contributed by atoms with E-state index in [1.807, 2.05) is 37.3 Å². The minimum absolute atomic E-state index is 0.000328. The lowest BCUT2D eigenvalue weighted by Gasteiger charge is -2.33. The maximum Gasteiger partial charge on any atom is 0.264 e. The van der Waals surface area contributed by atoms with Gasteiger partial charge in [0.15, 0.2) is 0 Å². The first kappa shape index (κ1) is 31.3. The first-order chi connectivity index (χ1) is 20.1. The fourth-order valence-electron chi connectivity index (χ4n) is 4.53. The lowest BCUT2D eigenvalue weighted by atomic mass is 10.0. The molecule has 1 unspecified atom stereocenters. The molecule has 0 fully saturated rings. The Morgan fingerprint density at radius 1 is 0.905 bits per heavy atom. The Morgan fingerprint density at radius 2 is 1.57 bits per heavy atom. The summed E-state index contributed by atoms with van der Waals surface area (Å²) in [6.45, 7) is 1.32. The molecule has 0 saturated heterocycles. The van der Waals surface area contributed by atoms with Gasteiger partial charge in [-0.15, -0.1) is 0 Å². The van der Waals surface area contributed by atoms with E-state index in [1.54, 1.807) is 60.7 Å². The van der Waals surface area contributed by atoms with Crippen molar-refractivity contribution in [1.29, 1.82) is 0 Å². The standard InChI is InChI=1S/C32H31BrClN3O4S/c1-23-15-17-28(18-16-23)42(40,41)37(27-13-8-12-26(33)20-27)22-31(38)36(21-25-11-6-7-14-29(25)34)30(32(39)35-2)19-24-9-4-3-5-10-24/h3-18,20,30H,19,21-22H2,1-2H3,(H,35,39). The molecule has 4 rings (SSSR count). The quantitative estimate of drug-likeness (QED) is 0.213. The number of carbonyl (C=O) groups excluding carboxylic acids is 2. The average Bonchev–Trinajstić information content (AvgIpc) is 2.98. The maximum absolute atomic E-state index is 14.3. The number of nitrogens with one attached hydrogen (secondary N) is 1. The molecule has 0 aliphatic carbocycles. The second kappa shape index (κ2) is 14.0.